The van der Waals surface area contributed by atoms with Gasteiger partial charge in [-0.25, -0.2) is 4.39 Å². The van der Waals surface area contributed by atoms with Crippen molar-refractivity contribution in [2.45, 2.75) is 30.7 Å². The summed E-state index contributed by atoms with van der Waals surface area (Å²) in [5.74, 6) is 0. The molecule has 0 bridgehead atoms. The van der Waals surface area contributed by atoms with Gasteiger partial charge in [-0.15, -0.1) is 0 Å². The largest absolute Gasteiger partial charge is 0.377 e. The van der Waals surface area contributed by atoms with Crippen LogP contribution in [-0.2, 0) is 4.74 Å². The van der Waals surface area contributed by atoms with Crippen LogP contribution in [0.3, 0.4) is 0 Å². The van der Waals surface area contributed by atoms with Crippen LogP contribution in [-0.4, -0.2) is 42.2 Å². The molecule has 2 unspecified atom stereocenters. The summed E-state index contributed by atoms with van der Waals surface area (Å²) in [5, 5.41) is -1.07. The maximum absolute atomic E-state index is 13.7. The van der Waals surface area contributed by atoms with E-state index in [0.717, 1.165) is 26.2 Å². The highest BCUT2D eigenvalue weighted by molar-refractivity contribution is 7.18. The van der Waals surface area contributed by atoms with Gasteiger partial charge >= 0.3 is 0 Å². The van der Waals surface area contributed by atoms with Crippen molar-refractivity contribution in [3.8, 4) is 0 Å². The molecule has 0 radical (unpaired) electrons. The molecular formula is C9H17FNOP. The van der Waals surface area contributed by atoms with Crippen molar-refractivity contribution in [2.24, 2.45) is 0 Å². The monoisotopic (exact) mass is 205 g/mol. The SMILES string of the molecule is CC1(N2CCCC(F)(P)C2)COC1. The molecule has 13 heavy (non-hydrogen) atoms. The first-order valence-electron chi connectivity index (χ1n) is 4.83. The summed E-state index contributed by atoms with van der Waals surface area (Å²) in [6, 6.07) is 0. The van der Waals surface area contributed by atoms with Gasteiger partial charge in [0.2, 0.25) is 0 Å². The number of piperidine rings is 1. The molecule has 0 N–H and O–H groups in total. The molecule has 2 saturated heterocycles. The third-order valence-corrected chi connectivity index (χ3v) is 3.53. The fourth-order valence-corrected chi connectivity index (χ4v) is 2.50. The Balaban J connectivity index is 2.00. The van der Waals surface area contributed by atoms with Gasteiger partial charge in [0, 0.05) is 6.54 Å². The molecule has 0 aromatic carbocycles. The Kier molecular flexibility index (Phi) is 2.38. The van der Waals surface area contributed by atoms with Gasteiger partial charge in [0.1, 0.15) is 5.41 Å². The zero-order chi connectivity index (χ0) is 9.53. The number of nitrogens with zero attached hydrogens (tertiary/aromatic N) is 1. The van der Waals surface area contributed by atoms with E-state index in [1.807, 2.05) is 0 Å². The van der Waals surface area contributed by atoms with Gasteiger partial charge in [0.05, 0.1) is 18.8 Å². The van der Waals surface area contributed by atoms with Crippen molar-refractivity contribution in [3.63, 3.8) is 0 Å². The van der Waals surface area contributed by atoms with E-state index in [2.05, 4.69) is 21.1 Å². The predicted molar refractivity (Wildman–Crippen MR) is 53.6 cm³/mol. The van der Waals surface area contributed by atoms with Crippen molar-refractivity contribution < 1.29 is 9.13 Å². The van der Waals surface area contributed by atoms with E-state index in [1.54, 1.807) is 0 Å². The Hall–Kier alpha value is 0.280. The average molecular weight is 205 g/mol. The number of alkyl halides is 1. The Morgan fingerprint density at radius 1 is 1.46 bits per heavy atom. The van der Waals surface area contributed by atoms with Gasteiger partial charge in [-0.1, -0.05) is 9.24 Å². The van der Waals surface area contributed by atoms with Crippen molar-refractivity contribution in [3.05, 3.63) is 0 Å². The quantitative estimate of drug-likeness (QED) is 0.600. The third-order valence-electron chi connectivity index (χ3n) is 3.06. The van der Waals surface area contributed by atoms with E-state index in [0.29, 0.717) is 13.0 Å². The molecule has 0 aromatic heterocycles. The normalized spacial score (nSPS) is 39.9. The topological polar surface area (TPSA) is 12.5 Å². The Labute approximate surface area is 81.0 Å². The van der Waals surface area contributed by atoms with Gasteiger partial charge < -0.3 is 4.74 Å². The zero-order valence-corrected chi connectivity index (χ0v) is 9.21. The van der Waals surface area contributed by atoms with Crippen LogP contribution in [0.15, 0.2) is 0 Å². The highest BCUT2D eigenvalue weighted by atomic mass is 31.0. The summed E-state index contributed by atoms with van der Waals surface area (Å²) >= 11 is 0. The van der Waals surface area contributed by atoms with E-state index < -0.39 is 5.41 Å². The first kappa shape index (κ1) is 9.82. The lowest BCUT2D eigenvalue weighted by atomic mass is 9.94. The maximum atomic E-state index is 13.7. The minimum atomic E-state index is -1.07. The highest BCUT2D eigenvalue weighted by Gasteiger charge is 2.44. The second kappa shape index (κ2) is 3.15. The van der Waals surface area contributed by atoms with Crippen molar-refractivity contribution in [1.29, 1.82) is 0 Å². The lowest BCUT2D eigenvalue weighted by Gasteiger charge is -2.51. The Bertz CT molecular complexity index is 206. The van der Waals surface area contributed by atoms with Crippen molar-refractivity contribution in [1.82, 2.24) is 4.90 Å². The second-order valence-corrected chi connectivity index (χ2v) is 5.58. The van der Waals surface area contributed by atoms with Crippen LogP contribution in [0.5, 0.6) is 0 Å². The van der Waals surface area contributed by atoms with Crippen LogP contribution in [0, 0.1) is 0 Å². The average Bonchev–Trinajstić information content (AvgIpc) is 1.98. The summed E-state index contributed by atoms with van der Waals surface area (Å²) in [4.78, 5) is 2.23. The number of likely N-dealkylation sites (tertiary alicyclic amines) is 1. The Morgan fingerprint density at radius 3 is 2.62 bits per heavy atom. The molecule has 0 spiro atoms. The van der Waals surface area contributed by atoms with Crippen LogP contribution in [0.2, 0.25) is 0 Å². The number of halogens is 1. The summed E-state index contributed by atoms with van der Waals surface area (Å²) in [5.41, 5.74) is 0.105. The minimum Gasteiger partial charge on any atom is -0.377 e. The molecule has 2 nitrogen and oxygen atoms in total. The molecule has 76 valence electrons. The number of hydrogen-bond acceptors (Lipinski definition) is 2. The first-order valence-corrected chi connectivity index (χ1v) is 5.40. The number of ether oxygens (including phenoxy) is 1. The molecule has 4 heteroatoms. The van der Waals surface area contributed by atoms with E-state index >= 15 is 0 Å². The van der Waals surface area contributed by atoms with Crippen LogP contribution in [0.25, 0.3) is 0 Å². The second-order valence-electron chi connectivity index (χ2n) is 4.55. The number of rotatable bonds is 1. The summed E-state index contributed by atoms with van der Waals surface area (Å²) in [6.45, 7) is 5.22. The molecule has 0 aromatic rings. The highest BCUT2D eigenvalue weighted by Crippen LogP contribution is 2.36. The smallest absolute Gasteiger partial charge is 0.136 e. The van der Waals surface area contributed by atoms with Crippen molar-refractivity contribution >= 4 is 9.24 Å². The molecule has 0 amide bonds. The zero-order valence-electron chi connectivity index (χ0n) is 8.05. The van der Waals surface area contributed by atoms with E-state index in [-0.39, 0.29) is 5.54 Å². The third kappa shape index (κ3) is 1.88. The molecule has 0 aliphatic carbocycles. The first-order chi connectivity index (χ1) is 6.02. The Morgan fingerprint density at radius 2 is 2.15 bits per heavy atom. The molecule has 2 heterocycles. The standard InChI is InChI=1S/C9H17FNOP/c1-8(6-12-7-8)11-4-2-3-9(10,13)5-11/h2-7,13H2,1H3. The van der Waals surface area contributed by atoms with E-state index in [4.69, 9.17) is 4.74 Å². The molecule has 2 aliphatic heterocycles. The summed E-state index contributed by atoms with van der Waals surface area (Å²) < 4.78 is 18.9. The maximum Gasteiger partial charge on any atom is 0.136 e. The van der Waals surface area contributed by atoms with Gasteiger partial charge in [0.25, 0.3) is 0 Å². The summed E-state index contributed by atoms with van der Waals surface area (Å²) in [6.07, 6.45) is 1.63. The van der Waals surface area contributed by atoms with Gasteiger partial charge in [-0.2, -0.15) is 0 Å². The van der Waals surface area contributed by atoms with Crippen LogP contribution >= 0.6 is 9.24 Å². The predicted octanol–water partition coefficient (Wildman–Crippen LogP) is 1.41. The van der Waals surface area contributed by atoms with Crippen LogP contribution in [0.4, 0.5) is 4.39 Å². The number of hydrogen-bond donors (Lipinski definition) is 0. The van der Waals surface area contributed by atoms with Crippen molar-refractivity contribution in [2.75, 3.05) is 26.3 Å². The lowest BCUT2D eigenvalue weighted by molar-refractivity contribution is -0.143. The minimum absolute atomic E-state index is 0.105. The fourth-order valence-electron chi connectivity index (χ4n) is 2.08. The lowest BCUT2D eigenvalue weighted by Crippen LogP contribution is -2.63. The molecule has 2 fully saturated rings. The molecule has 2 atom stereocenters. The molecule has 0 saturated carbocycles. The van der Waals surface area contributed by atoms with Gasteiger partial charge in [-0.05, 0) is 26.3 Å². The summed E-state index contributed by atoms with van der Waals surface area (Å²) in [7, 11) is 2.34. The molecular weight excluding hydrogens is 188 g/mol. The van der Waals surface area contributed by atoms with E-state index in [9.17, 15) is 4.39 Å². The van der Waals surface area contributed by atoms with Crippen LogP contribution < -0.4 is 0 Å². The molecule has 2 aliphatic rings. The van der Waals surface area contributed by atoms with E-state index in [1.165, 1.54) is 0 Å². The fraction of sp³-hybridized carbons (Fsp3) is 1.00. The molecule has 2 rings (SSSR count). The van der Waals surface area contributed by atoms with Gasteiger partial charge in [0.15, 0.2) is 0 Å². The van der Waals surface area contributed by atoms with Crippen LogP contribution in [0.1, 0.15) is 19.8 Å². The van der Waals surface area contributed by atoms with Gasteiger partial charge in [-0.3, -0.25) is 4.90 Å².